The van der Waals surface area contributed by atoms with Crippen LogP contribution in [0, 0.1) is 0 Å². The zero-order valence-corrected chi connectivity index (χ0v) is 19.9. The minimum absolute atomic E-state index is 0.0342. The lowest BCUT2D eigenvalue weighted by molar-refractivity contribution is -0.0283. The second kappa shape index (κ2) is 10.9. The van der Waals surface area contributed by atoms with Gasteiger partial charge in [-0.05, 0) is 48.0 Å². The first-order valence-electron chi connectivity index (χ1n) is 12.4. The molecule has 0 radical (unpaired) electrons. The summed E-state index contributed by atoms with van der Waals surface area (Å²) >= 11 is 0. The van der Waals surface area contributed by atoms with Crippen LogP contribution in [0.5, 0.6) is 0 Å². The first-order valence-corrected chi connectivity index (χ1v) is 12.4. The molecule has 182 valence electrons. The number of anilines is 1. The molecule has 7 nitrogen and oxygen atoms in total. The number of ether oxygens (including phenoxy) is 1. The van der Waals surface area contributed by atoms with Gasteiger partial charge in [0.1, 0.15) is 0 Å². The number of para-hydroxylation sites is 1. The monoisotopic (exact) mass is 472 g/mol. The fraction of sp³-hybridized carbons (Fsp3) is 0.357. The normalized spacial score (nSPS) is 19.4. The Bertz CT molecular complexity index is 1170. The van der Waals surface area contributed by atoms with Gasteiger partial charge in [-0.3, -0.25) is 9.69 Å². The van der Waals surface area contributed by atoms with Gasteiger partial charge in [-0.15, -0.1) is 0 Å². The number of carbonyl (C=O) groups is 2. The summed E-state index contributed by atoms with van der Waals surface area (Å²) in [6.45, 7) is 5.60. The summed E-state index contributed by atoms with van der Waals surface area (Å²) < 4.78 is 5.99. The predicted octanol–water partition coefficient (Wildman–Crippen LogP) is 3.92. The molecule has 1 atom stereocenters. The summed E-state index contributed by atoms with van der Waals surface area (Å²) in [4.78, 5) is 32.0. The lowest BCUT2D eigenvalue weighted by Gasteiger charge is -2.35. The van der Waals surface area contributed by atoms with E-state index in [4.69, 9.17) is 4.74 Å². The molecule has 0 aliphatic carbocycles. The van der Waals surface area contributed by atoms with Crippen molar-refractivity contribution in [3.63, 3.8) is 0 Å². The number of hydrogen-bond donors (Lipinski definition) is 1. The standard InChI is InChI=1S/C28H32N4O3/c33-27(24-12-11-22-7-4-5-8-23(22)19-24)31-14-6-13-30(15-16-31)20-26-21-32(17-18-35-26)28(34)29-25-9-2-1-3-10-25/h1-5,7-12,19,26H,6,13-18,20-21H2,(H,29,34)/t26-/m1/s1. The minimum atomic E-state index is -0.0903. The Hall–Kier alpha value is -3.42. The van der Waals surface area contributed by atoms with Crippen LogP contribution in [0.2, 0.25) is 0 Å². The minimum Gasteiger partial charge on any atom is -0.373 e. The Labute approximate surface area is 206 Å². The zero-order valence-electron chi connectivity index (χ0n) is 19.9. The number of nitrogens with zero attached hydrogens (tertiary/aromatic N) is 3. The molecule has 0 aromatic heterocycles. The number of carbonyl (C=O) groups excluding carboxylic acids is 2. The molecule has 5 rings (SSSR count). The molecule has 3 aromatic carbocycles. The van der Waals surface area contributed by atoms with Crippen LogP contribution >= 0.6 is 0 Å². The van der Waals surface area contributed by atoms with Crippen molar-refractivity contribution in [1.29, 1.82) is 0 Å². The van der Waals surface area contributed by atoms with E-state index in [0.29, 0.717) is 26.2 Å². The van der Waals surface area contributed by atoms with E-state index >= 15 is 0 Å². The van der Waals surface area contributed by atoms with E-state index in [2.05, 4.69) is 16.3 Å². The summed E-state index contributed by atoms with van der Waals surface area (Å²) in [5, 5.41) is 5.20. The Morgan fingerprint density at radius 2 is 1.63 bits per heavy atom. The van der Waals surface area contributed by atoms with Crippen LogP contribution in [0.25, 0.3) is 10.8 Å². The maximum absolute atomic E-state index is 13.2. The molecule has 1 N–H and O–H groups in total. The Balaban J connectivity index is 1.14. The van der Waals surface area contributed by atoms with Gasteiger partial charge in [0.25, 0.3) is 5.91 Å². The van der Waals surface area contributed by atoms with Crippen molar-refractivity contribution in [1.82, 2.24) is 14.7 Å². The summed E-state index contributed by atoms with van der Waals surface area (Å²) in [5.41, 5.74) is 1.54. The maximum Gasteiger partial charge on any atom is 0.322 e. The van der Waals surface area contributed by atoms with E-state index < -0.39 is 0 Å². The number of rotatable bonds is 4. The Morgan fingerprint density at radius 1 is 0.829 bits per heavy atom. The lowest BCUT2D eigenvalue weighted by Crippen LogP contribution is -2.51. The van der Waals surface area contributed by atoms with Gasteiger partial charge in [-0.25, -0.2) is 4.79 Å². The maximum atomic E-state index is 13.2. The highest BCUT2D eigenvalue weighted by Crippen LogP contribution is 2.18. The molecular weight excluding hydrogens is 440 g/mol. The van der Waals surface area contributed by atoms with Gasteiger partial charge >= 0.3 is 6.03 Å². The van der Waals surface area contributed by atoms with Crippen molar-refractivity contribution in [3.05, 3.63) is 78.4 Å². The van der Waals surface area contributed by atoms with Gasteiger partial charge < -0.3 is 19.9 Å². The average Bonchev–Trinajstić information content (AvgIpc) is 3.14. The summed E-state index contributed by atoms with van der Waals surface area (Å²) in [6, 6.07) is 23.5. The largest absolute Gasteiger partial charge is 0.373 e. The number of fused-ring (bicyclic) bond motifs is 1. The van der Waals surface area contributed by atoms with Crippen LogP contribution in [0.15, 0.2) is 72.8 Å². The molecule has 35 heavy (non-hydrogen) atoms. The summed E-state index contributed by atoms with van der Waals surface area (Å²) in [5.74, 6) is 0.0928. The molecular formula is C28H32N4O3. The van der Waals surface area contributed by atoms with E-state index in [-0.39, 0.29) is 18.0 Å². The number of urea groups is 1. The molecule has 2 aliphatic rings. The van der Waals surface area contributed by atoms with Crippen LogP contribution in [-0.2, 0) is 4.74 Å². The number of morpholine rings is 1. The molecule has 7 heteroatoms. The van der Waals surface area contributed by atoms with Crippen LogP contribution in [0.4, 0.5) is 10.5 Å². The van der Waals surface area contributed by atoms with Crippen LogP contribution in [0.3, 0.4) is 0 Å². The molecule has 2 heterocycles. The Kier molecular flexibility index (Phi) is 7.25. The molecule has 2 saturated heterocycles. The van der Waals surface area contributed by atoms with Crippen molar-refractivity contribution in [2.45, 2.75) is 12.5 Å². The first kappa shape index (κ1) is 23.3. The van der Waals surface area contributed by atoms with E-state index in [1.807, 2.05) is 76.5 Å². The van der Waals surface area contributed by atoms with E-state index in [9.17, 15) is 9.59 Å². The molecule has 3 amide bonds. The zero-order chi connectivity index (χ0) is 24.0. The SMILES string of the molecule is O=C(Nc1ccccc1)N1CCO[C@H](CN2CCCN(C(=O)c3ccc4ccccc4c3)CC2)C1. The highest BCUT2D eigenvalue weighted by Gasteiger charge is 2.27. The molecule has 0 saturated carbocycles. The molecule has 0 spiro atoms. The fourth-order valence-corrected chi connectivity index (χ4v) is 4.89. The highest BCUT2D eigenvalue weighted by molar-refractivity contribution is 5.98. The quantitative estimate of drug-likeness (QED) is 0.625. The number of amides is 3. The van der Waals surface area contributed by atoms with Crippen LogP contribution in [0.1, 0.15) is 16.8 Å². The van der Waals surface area contributed by atoms with Gasteiger partial charge in [-0.1, -0.05) is 48.5 Å². The van der Waals surface area contributed by atoms with Gasteiger partial charge in [0, 0.05) is 50.5 Å². The van der Waals surface area contributed by atoms with Crippen LogP contribution in [-0.4, -0.2) is 85.2 Å². The average molecular weight is 473 g/mol. The van der Waals surface area contributed by atoms with E-state index in [1.54, 1.807) is 0 Å². The van der Waals surface area contributed by atoms with Crippen molar-refractivity contribution in [3.8, 4) is 0 Å². The highest BCUT2D eigenvalue weighted by atomic mass is 16.5. The molecule has 0 bridgehead atoms. The van der Waals surface area contributed by atoms with E-state index in [0.717, 1.165) is 54.6 Å². The van der Waals surface area contributed by atoms with Crippen molar-refractivity contribution >= 4 is 28.4 Å². The third-order valence-corrected chi connectivity index (χ3v) is 6.79. The Morgan fingerprint density at radius 3 is 2.49 bits per heavy atom. The molecule has 0 unspecified atom stereocenters. The molecule has 3 aromatic rings. The lowest BCUT2D eigenvalue weighted by atomic mass is 10.1. The summed E-state index contributed by atoms with van der Waals surface area (Å²) in [6.07, 6.45) is 0.887. The van der Waals surface area contributed by atoms with Crippen molar-refractivity contribution < 1.29 is 14.3 Å². The third-order valence-electron chi connectivity index (χ3n) is 6.79. The van der Waals surface area contributed by atoms with Gasteiger partial charge in [0.2, 0.25) is 0 Å². The number of nitrogens with one attached hydrogen (secondary N) is 1. The predicted molar refractivity (Wildman–Crippen MR) is 138 cm³/mol. The second-order valence-corrected chi connectivity index (χ2v) is 9.24. The van der Waals surface area contributed by atoms with Gasteiger partial charge in [0.05, 0.1) is 12.7 Å². The van der Waals surface area contributed by atoms with Crippen LogP contribution < -0.4 is 5.32 Å². The number of benzene rings is 3. The second-order valence-electron chi connectivity index (χ2n) is 9.24. The van der Waals surface area contributed by atoms with E-state index in [1.165, 1.54) is 0 Å². The van der Waals surface area contributed by atoms with Gasteiger partial charge in [0.15, 0.2) is 0 Å². The topological polar surface area (TPSA) is 65.1 Å². The van der Waals surface area contributed by atoms with Crippen molar-refractivity contribution in [2.75, 3.05) is 57.7 Å². The summed E-state index contributed by atoms with van der Waals surface area (Å²) in [7, 11) is 0. The fourth-order valence-electron chi connectivity index (χ4n) is 4.89. The molecule has 2 fully saturated rings. The third kappa shape index (κ3) is 5.81. The number of hydrogen-bond acceptors (Lipinski definition) is 4. The van der Waals surface area contributed by atoms with Crippen molar-refractivity contribution in [2.24, 2.45) is 0 Å². The smallest absolute Gasteiger partial charge is 0.322 e. The van der Waals surface area contributed by atoms with Gasteiger partial charge in [-0.2, -0.15) is 0 Å². The first-order chi connectivity index (χ1) is 17.2. The molecule has 2 aliphatic heterocycles.